The maximum atomic E-state index is 12.7. The van der Waals surface area contributed by atoms with Crippen molar-refractivity contribution in [1.29, 1.82) is 0 Å². The van der Waals surface area contributed by atoms with Gasteiger partial charge in [-0.2, -0.15) is 0 Å². The van der Waals surface area contributed by atoms with Crippen LogP contribution in [-0.4, -0.2) is 29.2 Å². The van der Waals surface area contributed by atoms with Gasteiger partial charge in [0.25, 0.3) is 0 Å². The van der Waals surface area contributed by atoms with E-state index in [4.69, 9.17) is 0 Å². The van der Waals surface area contributed by atoms with Crippen LogP contribution in [0.5, 0.6) is 0 Å². The van der Waals surface area contributed by atoms with Gasteiger partial charge in [-0.15, -0.1) is 10.2 Å². The van der Waals surface area contributed by atoms with Gasteiger partial charge in [-0.05, 0) is 59.4 Å². The first kappa shape index (κ1) is 21.1. The first-order valence-electron chi connectivity index (χ1n) is 11.6. The summed E-state index contributed by atoms with van der Waals surface area (Å²) in [6.45, 7) is 4.40. The number of nitrogens with zero attached hydrogens (tertiary/aromatic N) is 3. The van der Waals surface area contributed by atoms with E-state index in [1.165, 1.54) is 12.8 Å². The minimum Gasteiger partial charge on any atom is -0.355 e. The summed E-state index contributed by atoms with van der Waals surface area (Å²) in [6, 6.07) is 26.1. The Hall–Kier alpha value is -3.73. The molecule has 5 nitrogen and oxygen atoms in total. The van der Waals surface area contributed by atoms with Crippen molar-refractivity contribution in [3.05, 3.63) is 84.4 Å². The Balaban J connectivity index is 1.22. The van der Waals surface area contributed by atoms with Gasteiger partial charge in [-0.25, -0.2) is 0 Å². The zero-order valence-electron chi connectivity index (χ0n) is 18.9. The number of aromatic nitrogens is 2. The molecule has 2 heterocycles. The number of fused-ring (bicyclic) bond motifs is 1. The van der Waals surface area contributed by atoms with Gasteiger partial charge >= 0.3 is 0 Å². The predicted molar refractivity (Wildman–Crippen MR) is 134 cm³/mol. The van der Waals surface area contributed by atoms with Gasteiger partial charge in [0.15, 0.2) is 5.82 Å². The largest absolute Gasteiger partial charge is 0.355 e. The number of carbonyl (C=O) groups is 1. The van der Waals surface area contributed by atoms with Crippen LogP contribution in [0.25, 0.3) is 22.0 Å². The summed E-state index contributed by atoms with van der Waals surface area (Å²) in [5, 5.41) is 14.2. The monoisotopic (exact) mass is 436 g/mol. The van der Waals surface area contributed by atoms with Crippen LogP contribution >= 0.6 is 0 Å². The SMILES string of the molecule is CC1CCN(c2ccc(-c3ccc(NC(=O)Cc4cccc5ccccc45)cc3)nn2)CC1. The Morgan fingerprint density at radius 2 is 1.67 bits per heavy atom. The van der Waals surface area contributed by atoms with Crippen molar-refractivity contribution in [1.82, 2.24) is 10.2 Å². The normalized spacial score (nSPS) is 14.4. The molecule has 166 valence electrons. The predicted octanol–water partition coefficient (Wildman–Crippen LogP) is 5.71. The number of nitrogens with one attached hydrogen (secondary N) is 1. The van der Waals surface area contributed by atoms with E-state index in [1.54, 1.807) is 0 Å². The second-order valence-corrected chi connectivity index (χ2v) is 8.89. The Bertz CT molecular complexity index is 1240. The minimum absolute atomic E-state index is 0.0286. The number of rotatable bonds is 5. The van der Waals surface area contributed by atoms with Crippen LogP contribution in [0.15, 0.2) is 78.9 Å². The van der Waals surface area contributed by atoms with Crippen molar-refractivity contribution in [2.75, 3.05) is 23.3 Å². The first-order chi connectivity index (χ1) is 16.2. The molecule has 1 aromatic heterocycles. The van der Waals surface area contributed by atoms with Gasteiger partial charge in [0.1, 0.15) is 0 Å². The molecular weight excluding hydrogens is 408 g/mol. The third kappa shape index (κ3) is 4.87. The Morgan fingerprint density at radius 1 is 0.909 bits per heavy atom. The molecule has 1 amide bonds. The van der Waals surface area contributed by atoms with Crippen molar-refractivity contribution < 1.29 is 4.79 Å². The molecule has 0 saturated carbocycles. The fourth-order valence-electron chi connectivity index (χ4n) is 4.43. The van der Waals surface area contributed by atoms with E-state index in [0.717, 1.165) is 58.1 Å². The summed E-state index contributed by atoms with van der Waals surface area (Å²) in [6.07, 6.45) is 2.75. The lowest BCUT2D eigenvalue weighted by Crippen LogP contribution is -2.33. The zero-order chi connectivity index (χ0) is 22.6. The molecule has 0 atom stereocenters. The number of anilines is 2. The molecule has 1 saturated heterocycles. The van der Waals surface area contributed by atoms with Gasteiger partial charge in [0.05, 0.1) is 12.1 Å². The average Bonchev–Trinajstić information content (AvgIpc) is 2.85. The highest BCUT2D eigenvalue weighted by atomic mass is 16.1. The third-order valence-corrected chi connectivity index (χ3v) is 6.45. The minimum atomic E-state index is -0.0286. The second kappa shape index (κ2) is 9.41. The van der Waals surface area contributed by atoms with E-state index in [-0.39, 0.29) is 5.91 Å². The van der Waals surface area contributed by atoms with Gasteiger partial charge in [-0.3, -0.25) is 4.79 Å². The number of amides is 1. The Morgan fingerprint density at radius 3 is 2.42 bits per heavy atom. The Kier molecular flexibility index (Phi) is 6.03. The van der Waals surface area contributed by atoms with Crippen molar-refractivity contribution in [2.24, 2.45) is 5.92 Å². The molecule has 1 fully saturated rings. The highest BCUT2D eigenvalue weighted by molar-refractivity contribution is 5.96. The maximum absolute atomic E-state index is 12.7. The smallest absolute Gasteiger partial charge is 0.228 e. The molecule has 33 heavy (non-hydrogen) atoms. The number of benzene rings is 3. The lowest BCUT2D eigenvalue weighted by atomic mass is 9.99. The third-order valence-electron chi connectivity index (χ3n) is 6.45. The van der Waals surface area contributed by atoms with Gasteiger partial charge < -0.3 is 10.2 Å². The zero-order valence-corrected chi connectivity index (χ0v) is 18.9. The molecule has 0 aliphatic carbocycles. The molecule has 3 aromatic carbocycles. The molecule has 1 aliphatic heterocycles. The van der Waals surface area contributed by atoms with Crippen LogP contribution in [0.1, 0.15) is 25.3 Å². The number of carbonyl (C=O) groups excluding carboxylic acids is 1. The van der Waals surface area contributed by atoms with Gasteiger partial charge in [0.2, 0.25) is 5.91 Å². The fourth-order valence-corrected chi connectivity index (χ4v) is 4.43. The van der Waals surface area contributed by atoms with Crippen LogP contribution in [0.4, 0.5) is 11.5 Å². The van der Waals surface area contributed by atoms with Crippen molar-refractivity contribution in [3.63, 3.8) is 0 Å². The summed E-state index contributed by atoms with van der Waals surface area (Å²) in [5.41, 5.74) is 3.61. The van der Waals surface area contributed by atoms with Crippen LogP contribution < -0.4 is 10.2 Å². The summed E-state index contributed by atoms with van der Waals surface area (Å²) in [5.74, 6) is 1.71. The van der Waals surface area contributed by atoms with Crippen LogP contribution in [0, 0.1) is 5.92 Å². The quantitative estimate of drug-likeness (QED) is 0.435. The highest BCUT2D eigenvalue weighted by Gasteiger charge is 2.17. The van der Waals surface area contributed by atoms with E-state index in [0.29, 0.717) is 6.42 Å². The lowest BCUT2D eigenvalue weighted by molar-refractivity contribution is -0.115. The molecule has 4 aromatic rings. The maximum Gasteiger partial charge on any atom is 0.228 e. The number of piperidine rings is 1. The second-order valence-electron chi connectivity index (χ2n) is 8.89. The summed E-state index contributed by atoms with van der Waals surface area (Å²) >= 11 is 0. The molecule has 5 rings (SSSR count). The van der Waals surface area contributed by atoms with E-state index >= 15 is 0 Å². The van der Waals surface area contributed by atoms with Crippen molar-refractivity contribution >= 4 is 28.2 Å². The summed E-state index contributed by atoms with van der Waals surface area (Å²) in [4.78, 5) is 15.0. The highest BCUT2D eigenvalue weighted by Crippen LogP contribution is 2.24. The number of hydrogen-bond acceptors (Lipinski definition) is 4. The average molecular weight is 437 g/mol. The van der Waals surface area contributed by atoms with E-state index in [2.05, 4.69) is 51.6 Å². The van der Waals surface area contributed by atoms with Gasteiger partial charge in [0, 0.05) is 24.3 Å². The molecule has 0 spiro atoms. The summed E-state index contributed by atoms with van der Waals surface area (Å²) in [7, 11) is 0. The standard InChI is InChI=1S/C28H28N4O/c1-20-15-17-32(18-16-20)27-14-13-26(30-31-27)22-9-11-24(12-10-22)29-28(33)19-23-7-4-6-21-5-2-3-8-25(21)23/h2-14,20H,15-19H2,1H3,(H,29,33). The molecule has 5 heteroatoms. The molecule has 0 radical (unpaired) electrons. The summed E-state index contributed by atoms with van der Waals surface area (Å²) < 4.78 is 0. The van der Waals surface area contributed by atoms with Crippen LogP contribution in [0.3, 0.4) is 0 Å². The molecule has 0 unspecified atom stereocenters. The van der Waals surface area contributed by atoms with E-state index in [1.807, 2.05) is 54.6 Å². The fraction of sp³-hybridized carbons (Fsp3) is 0.250. The molecule has 0 bridgehead atoms. The lowest BCUT2D eigenvalue weighted by Gasteiger charge is -2.30. The van der Waals surface area contributed by atoms with Crippen molar-refractivity contribution in [3.8, 4) is 11.3 Å². The molecular formula is C28H28N4O. The van der Waals surface area contributed by atoms with Crippen LogP contribution in [0.2, 0.25) is 0 Å². The van der Waals surface area contributed by atoms with Crippen LogP contribution in [-0.2, 0) is 11.2 Å². The van der Waals surface area contributed by atoms with E-state index < -0.39 is 0 Å². The molecule has 1 aliphatic rings. The number of hydrogen-bond donors (Lipinski definition) is 1. The Labute approximate surface area is 194 Å². The van der Waals surface area contributed by atoms with E-state index in [9.17, 15) is 4.79 Å². The topological polar surface area (TPSA) is 58.1 Å². The van der Waals surface area contributed by atoms with Gasteiger partial charge in [-0.1, -0.05) is 61.5 Å². The molecule has 1 N–H and O–H groups in total. The first-order valence-corrected chi connectivity index (χ1v) is 11.6. The van der Waals surface area contributed by atoms with Crippen molar-refractivity contribution in [2.45, 2.75) is 26.2 Å².